The van der Waals surface area contributed by atoms with Crippen molar-refractivity contribution in [2.45, 2.75) is 12.5 Å². The Morgan fingerprint density at radius 1 is 1.13 bits per heavy atom. The fourth-order valence-electron chi connectivity index (χ4n) is 2.77. The van der Waals surface area contributed by atoms with Gasteiger partial charge in [0.15, 0.2) is 0 Å². The van der Waals surface area contributed by atoms with Gasteiger partial charge < -0.3 is 15.3 Å². The number of nitrogens with zero attached hydrogens (tertiary/aromatic N) is 1. The summed E-state index contributed by atoms with van der Waals surface area (Å²) in [7, 11) is 0. The third-order valence-corrected chi connectivity index (χ3v) is 3.98. The van der Waals surface area contributed by atoms with Crippen LogP contribution < -0.4 is 5.32 Å². The van der Waals surface area contributed by atoms with Gasteiger partial charge in [0, 0.05) is 25.1 Å². The zero-order chi connectivity index (χ0) is 16.2. The molecule has 1 aliphatic heterocycles. The third-order valence-electron chi connectivity index (χ3n) is 3.98. The van der Waals surface area contributed by atoms with E-state index in [1.54, 1.807) is 17.0 Å². The van der Waals surface area contributed by atoms with Crippen LogP contribution in [0, 0.1) is 0 Å². The number of rotatable bonds is 3. The van der Waals surface area contributed by atoms with Gasteiger partial charge in [-0.05, 0) is 29.8 Å². The molecule has 1 aliphatic rings. The topological polar surface area (TPSA) is 69.6 Å². The molecule has 2 N–H and O–H groups in total. The van der Waals surface area contributed by atoms with E-state index in [1.807, 2.05) is 30.3 Å². The van der Waals surface area contributed by atoms with Crippen molar-refractivity contribution in [3.8, 4) is 5.75 Å². The summed E-state index contributed by atoms with van der Waals surface area (Å²) in [5.74, 6) is -0.216. The van der Waals surface area contributed by atoms with E-state index in [2.05, 4.69) is 5.32 Å². The van der Waals surface area contributed by atoms with Crippen LogP contribution in [0.15, 0.2) is 54.6 Å². The van der Waals surface area contributed by atoms with Crippen molar-refractivity contribution in [1.82, 2.24) is 10.2 Å². The number of phenols is 1. The number of aromatic hydroxyl groups is 1. The molecule has 3 rings (SSSR count). The average Bonchev–Trinajstić information content (AvgIpc) is 2.58. The quantitative estimate of drug-likeness (QED) is 0.904. The second kappa shape index (κ2) is 6.52. The number of carbonyl (C=O) groups excluding carboxylic acids is 2. The molecule has 0 aliphatic carbocycles. The Balaban J connectivity index is 1.84. The minimum Gasteiger partial charge on any atom is -0.508 e. The van der Waals surface area contributed by atoms with E-state index in [0.29, 0.717) is 25.1 Å². The van der Waals surface area contributed by atoms with Crippen molar-refractivity contribution in [3.63, 3.8) is 0 Å². The van der Waals surface area contributed by atoms with Gasteiger partial charge in [-0.2, -0.15) is 0 Å². The number of nitrogens with one attached hydrogen (secondary N) is 1. The fraction of sp³-hybridized carbons (Fsp3) is 0.222. The first-order chi connectivity index (χ1) is 11.1. The molecule has 0 radical (unpaired) electrons. The van der Waals surface area contributed by atoms with Crippen molar-refractivity contribution in [2.24, 2.45) is 0 Å². The van der Waals surface area contributed by atoms with Gasteiger partial charge in [-0.15, -0.1) is 0 Å². The summed E-state index contributed by atoms with van der Waals surface area (Å²) in [5.41, 5.74) is 1.48. The lowest BCUT2D eigenvalue weighted by Crippen LogP contribution is -2.58. The first kappa shape index (κ1) is 15.1. The molecule has 5 heteroatoms. The number of hydrogen-bond donors (Lipinski definition) is 2. The summed E-state index contributed by atoms with van der Waals surface area (Å²) in [5, 5.41) is 12.2. The lowest BCUT2D eigenvalue weighted by molar-refractivity contribution is -0.127. The predicted octanol–water partition coefficient (Wildman–Crippen LogP) is 1.58. The summed E-state index contributed by atoms with van der Waals surface area (Å²) in [6, 6.07) is 15.2. The van der Waals surface area contributed by atoms with Gasteiger partial charge in [0.05, 0.1) is 0 Å². The van der Waals surface area contributed by atoms with Gasteiger partial charge in [0.25, 0.3) is 5.91 Å². The first-order valence-electron chi connectivity index (χ1n) is 7.57. The summed E-state index contributed by atoms with van der Waals surface area (Å²) in [4.78, 5) is 26.6. The molecule has 0 unspecified atom stereocenters. The molecule has 0 spiro atoms. The van der Waals surface area contributed by atoms with Crippen LogP contribution in [0.1, 0.15) is 15.9 Å². The molecule has 2 aromatic carbocycles. The molecule has 118 valence electrons. The Labute approximate surface area is 134 Å². The molecule has 0 saturated carbocycles. The van der Waals surface area contributed by atoms with Gasteiger partial charge in [-0.3, -0.25) is 9.59 Å². The molecule has 1 atom stereocenters. The highest BCUT2D eigenvalue weighted by Gasteiger charge is 2.33. The number of benzene rings is 2. The van der Waals surface area contributed by atoms with E-state index in [1.165, 1.54) is 12.1 Å². The van der Waals surface area contributed by atoms with Crippen LogP contribution >= 0.6 is 0 Å². The van der Waals surface area contributed by atoms with Crippen molar-refractivity contribution >= 4 is 11.8 Å². The van der Waals surface area contributed by atoms with E-state index in [-0.39, 0.29) is 17.6 Å². The lowest BCUT2D eigenvalue weighted by atomic mass is 10.0. The highest BCUT2D eigenvalue weighted by atomic mass is 16.3. The van der Waals surface area contributed by atoms with Crippen LogP contribution in [0.2, 0.25) is 0 Å². The molecule has 2 amide bonds. The Hall–Kier alpha value is -2.82. The van der Waals surface area contributed by atoms with E-state index < -0.39 is 6.04 Å². The standard InChI is InChI=1S/C18H18N2O3/c21-15-8-6-14(7-9-15)18(23)20-11-10-19-17(22)16(20)12-13-4-2-1-3-5-13/h1-9,16,21H,10-12H2,(H,19,22)/t16-/m0/s1. The largest absolute Gasteiger partial charge is 0.508 e. The molecule has 1 heterocycles. The van der Waals surface area contributed by atoms with Crippen LogP contribution in [0.25, 0.3) is 0 Å². The van der Waals surface area contributed by atoms with Crippen molar-refractivity contribution in [1.29, 1.82) is 0 Å². The normalized spacial score (nSPS) is 17.7. The summed E-state index contributed by atoms with van der Waals surface area (Å²) >= 11 is 0. The second-order valence-corrected chi connectivity index (χ2v) is 5.54. The Bertz CT molecular complexity index is 698. The van der Waals surface area contributed by atoms with Gasteiger partial charge in [0.1, 0.15) is 11.8 Å². The maximum Gasteiger partial charge on any atom is 0.254 e. The third kappa shape index (κ3) is 3.34. The molecule has 5 nitrogen and oxygen atoms in total. The lowest BCUT2D eigenvalue weighted by Gasteiger charge is -2.35. The zero-order valence-corrected chi connectivity index (χ0v) is 12.6. The highest BCUT2D eigenvalue weighted by Crippen LogP contribution is 2.17. The minimum absolute atomic E-state index is 0.110. The molecule has 0 aromatic heterocycles. The van der Waals surface area contributed by atoms with Crippen LogP contribution in [0.5, 0.6) is 5.75 Å². The maximum absolute atomic E-state index is 12.7. The first-order valence-corrected chi connectivity index (χ1v) is 7.57. The smallest absolute Gasteiger partial charge is 0.254 e. The number of phenolic OH excluding ortho intramolecular Hbond substituents is 1. The number of piperazine rings is 1. The Morgan fingerprint density at radius 3 is 2.52 bits per heavy atom. The van der Waals surface area contributed by atoms with Gasteiger partial charge in [0.2, 0.25) is 5.91 Å². The zero-order valence-electron chi connectivity index (χ0n) is 12.6. The SMILES string of the molecule is O=C1NCCN(C(=O)c2ccc(O)cc2)[C@H]1Cc1ccccc1. The highest BCUT2D eigenvalue weighted by molar-refractivity contribution is 5.98. The van der Waals surface area contributed by atoms with Crippen LogP contribution in [0.4, 0.5) is 0 Å². The number of amides is 2. The molecule has 1 fully saturated rings. The monoisotopic (exact) mass is 310 g/mol. The van der Waals surface area contributed by atoms with Crippen LogP contribution in [-0.2, 0) is 11.2 Å². The molecule has 23 heavy (non-hydrogen) atoms. The Morgan fingerprint density at radius 2 is 1.83 bits per heavy atom. The van der Waals surface area contributed by atoms with Crippen molar-refractivity contribution in [2.75, 3.05) is 13.1 Å². The fourth-order valence-corrected chi connectivity index (χ4v) is 2.77. The Kier molecular flexibility index (Phi) is 4.28. The second-order valence-electron chi connectivity index (χ2n) is 5.54. The van der Waals surface area contributed by atoms with Crippen LogP contribution in [0.3, 0.4) is 0 Å². The van der Waals surface area contributed by atoms with Gasteiger partial charge in [-0.1, -0.05) is 30.3 Å². The van der Waals surface area contributed by atoms with Gasteiger partial charge >= 0.3 is 0 Å². The molecular formula is C18H18N2O3. The minimum atomic E-state index is -0.521. The van der Waals surface area contributed by atoms with E-state index >= 15 is 0 Å². The summed E-state index contributed by atoms with van der Waals surface area (Å²) in [6.07, 6.45) is 0.483. The van der Waals surface area contributed by atoms with Crippen molar-refractivity contribution in [3.05, 3.63) is 65.7 Å². The van der Waals surface area contributed by atoms with E-state index in [9.17, 15) is 14.7 Å². The van der Waals surface area contributed by atoms with Gasteiger partial charge in [-0.25, -0.2) is 0 Å². The average molecular weight is 310 g/mol. The summed E-state index contributed by atoms with van der Waals surface area (Å²) in [6.45, 7) is 0.927. The predicted molar refractivity (Wildman–Crippen MR) is 86.1 cm³/mol. The molecule has 2 aromatic rings. The summed E-state index contributed by atoms with van der Waals surface area (Å²) < 4.78 is 0. The van der Waals surface area contributed by atoms with Crippen LogP contribution in [-0.4, -0.2) is 41.0 Å². The molecular weight excluding hydrogens is 292 g/mol. The molecule has 1 saturated heterocycles. The number of hydrogen-bond acceptors (Lipinski definition) is 3. The molecule has 0 bridgehead atoms. The van der Waals surface area contributed by atoms with E-state index in [0.717, 1.165) is 5.56 Å². The maximum atomic E-state index is 12.7. The number of carbonyl (C=O) groups is 2. The van der Waals surface area contributed by atoms with E-state index in [4.69, 9.17) is 0 Å². The van der Waals surface area contributed by atoms with Crippen molar-refractivity contribution < 1.29 is 14.7 Å².